The third kappa shape index (κ3) is 18.8. The molecular formula is C24H47NO22. The number of carbonyl (C=O) groups excluding carboxylic acids is 4. The summed E-state index contributed by atoms with van der Waals surface area (Å²) in [5, 5.41) is 151. The lowest BCUT2D eigenvalue weighted by molar-refractivity contribution is -0.261. The molecule has 280 valence electrons. The van der Waals surface area contributed by atoms with E-state index in [0.717, 1.165) is 0 Å². The molecular weight excluding hydrogens is 654 g/mol. The highest BCUT2D eigenvalue weighted by Gasteiger charge is 2.44. The Bertz CT molecular complexity index is 815. The number of aldehydes is 3. The first-order valence-corrected chi connectivity index (χ1v) is 13.3. The van der Waals surface area contributed by atoms with Gasteiger partial charge in [-0.05, 0) is 0 Å². The van der Waals surface area contributed by atoms with Crippen LogP contribution in [0.25, 0.3) is 0 Å². The third-order valence-corrected chi connectivity index (χ3v) is 5.83. The monoisotopic (exact) mass is 701 g/mol. The highest BCUT2D eigenvalue weighted by Crippen LogP contribution is 2.19. The lowest BCUT2D eigenvalue weighted by Crippen LogP contribution is -2.64. The molecule has 0 bridgehead atoms. The lowest BCUT2D eigenvalue weighted by Gasteiger charge is -2.40. The summed E-state index contributed by atoms with van der Waals surface area (Å²) >= 11 is 0. The molecule has 1 amide bonds. The molecule has 1 rings (SSSR count). The number of ether oxygens (including phenoxy) is 1. The zero-order valence-corrected chi connectivity index (χ0v) is 24.9. The summed E-state index contributed by atoms with van der Waals surface area (Å²) in [6, 6.07) is -1.05. The Balaban J connectivity index is -0.000000559. The lowest BCUT2D eigenvalue weighted by atomic mass is 9.96. The largest absolute Gasteiger partial charge is 0.394 e. The smallest absolute Gasteiger partial charge is 0.217 e. The van der Waals surface area contributed by atoms with Gasteiger partial charge in [0.1, 0.15) is 79.4 Å². The fourth-order valence-electron chi connectivity index (χ4n) is 2.96. The average Bonchev–Trinajstić information content (AvgIpc) is 3.08. The Kier molecular flexibility index (Phi) is 27.9. The van der Waals surface area contributed by atoms with Gasteiger partial charge in [-0.1, -0.05) is 0 Å². The van der Waals surface area contributed by atoms with Gasteiger partial charge in [0, 0.05) is 6.92 Å². The van der Waals surface area contributed by atoms with E-state index in [1.165, 1.54) is 6.92 Å². The predicted molar refractivity (Wildman–Crippen MR) is 147 cm³/mol. The van der Waals surface area contributed by atoms with Crippen LogP contribution in [0.2, 0.25) is 0 Å². The van der Waals surface area contributed by atoms with Crippen molar-refractivity contribution in [3.63, 3.8) is 0 Å². The van der Waals surface area contributed by atoms with Crippen molar-refractivity contribution in [2.75, 3.05) is 26.4 Å². The van der Waals surface area contributed by atoms with E-state index in [2.05, 4.69) is 5.32 Å². The van der Waals surface area contributed by atoms with Gasteiger partial charge in [0.05, 0.1) is 32.5 Å². The number of aliphatic hydroxyl groups is 17. The maximum atomic E-state index is 10.8. The van der Waals surface area contributed by atoms with E-state index in [1.54, 1.807) is 0 Å². The molecule has 5 unspecified atom stereocenters. The molecule has 0 spiro atoms. The van der Waals surface area contributed by atoms with Gasteiger partial charge in [-0.2, -0.15) is 0 Å². The first-order chi connectivity index (χ1) is 21.8. The van der Waals surface area contributed by atoms with Gasteiger partial charge in [-0.25, -0.2) is 0 Å². The summed E-state index contributed by atoms with van der Waals surface area (Å²) in [5.41, 5.74) is 0. The molecule has 1 heterocycles. The van der Waals surface area contributed by atoms with Crippen molar-refractivity contribution < 1.29 is 111 Å². The first kappa shape index (κ1) is 49.2. The number of hydrogen-bond donors (Lipinski definition) is 18. The summed E-state index contributed by atoms with van der Waals surface area (Å²) < 4.78 is 4.73. The fourth-order valence-corrected chi connectivity index (χ4v) is 2.96. The molecule has 23 heteroatoms. The van der Waals surface area contributed by atoms with Gasteiger partial charge in [-0.15, -0.1) is 0 Å². The molecule has 18 N–H and O–H groups in total. The van der Waals surface area contributed by atoms with E-state index < -0.39 is 124 Å². The van der Waals surface area contributed by atoms with Crippen molar-refractivity contribution in [3.05, 3.63) is 0 Å². The zero-order valence-electron chi connectivity index (χ0n) is 24.9. The van der Waals surface area contributed by atoms with Gasteiger partial charge in [0.25, 0.3) is 0 Å². The van der Waals surface area contributed by atoms with Crippen LogP contribution in [0.1, 0.15) is 6.92 Å². The van der Waals surface area contributed by atoms with Crippen molar-refractivity contribution in [1.29, 1.82) is 0 Å². The number of rotatable bonds is 15. The van der Waals surface area contributed by atoms with Gasteiger partial charge >= 0.3 is 0 Å². The van der Waals surface area contributed by atoms with Crippen molar-refractivity contribution in [1.82, 2.24) is 5.32 Å². The van der Waals surface area contributed by atoms with Crippen molar-refractivity contribution >= 4 is 24.8 Å². The van der Waals surface area contributed by atoms with E-state index in [9.17, 15) is 34.5 Å². The molecule has 0 aliphatic carbocycles. The van der Waals surface area contributed by atoms with E-state index >= 15 is 0 Å². The fraction of sp³-hybridized carbons (Fsp3) is 0.833. The second kappa shape index (κ2) is 26.7. The van der Waals surface area contributed by atoms with E-state index in [-0.39, 0.29) is 18.9 Å². The number of hydrogen-bond acceptors (Lipinski definition) is 22. The van der Waals surface area contributed by atoms with E-state index in [1.807, 2.05) is 0 Å². The Morgan fingerprint density at radius 1 is 0.617 bits per heavy atom. The molecule has 1 saturated heterocycles. The maximum absolute atomic E-state index is 10.8. The van der Waals surface area contributed by atoms with E-state index in [0.29, 0.717) is 0 Å². The predicted octanol–water partition coefficient (Wildman–Crippen LogP) is -11.9. The molecule has 1 aliphatic heterocycles. The van der Waals surface area contributed by atoms with Gasteiger partial charge in [-0.3, -0.25) is 4.79 Å². The van der Waals surface area contributed by atoms with Crippen molar-refractivity contribution in [2.24, 2.45) is 0 Å². The Morgan fingerprint density at radius 3 is 1.26 bits per heavy atom. The third-order valence-electron chi connectivity index (χ3n) is 5.83. The van der Waals surface area contributed by atoms with Crippen LogP contribution in [0.15, 0.2) is 0 Å². The molecule has 0 saturated carbocycles. The number of aliphatic hydroxyl groups excluding tert-OH is 17. The first-order valence-electron chi connectivity index (χ1n) is 13.3. The quantitative estimate of drug-likeness (QED) is 0.0704. The molecule has 23 nitrogen and oxygen atoms in total. The molecule has 0 radical (unpaired) electrons. The second-order valence-electron chi connectivity index (χ2n) is 9.55. The summed E-state index contributed by atoms with van der Waals surface area (Å²) in [6.07, 6.45) is -21.4. The minimum atomic E-state index is -1.79. The number of nitrogens with one attached hydrogen (secondary N) is 1. The van der Waals surface area contributed by atoms with Gasteiger partial charge in [0.2, 0.25) is 5.91 Å². The van der Waals surface area contributed by atoms with Crippen LogP contribution in [0.3, 0.4) is 0 Å². The Hall–Kier alpha value is -2.24. The van der Waals surface area contributed by atoms with Crippen LogP contribution in [0.4, 0.5) is 0 Å². The molecule has 47 heavy (non-hydrogen) atoms. The molecule has 0 aromatic carbocycles. The van der Waals surface area contributed by atoms with Crippen LogP contribution in [-0.2, 0) is 23.9 Å². The normalized spacial score (nSPS) is 26.9. The van der Waals surface area contributed by atoms with Crippen LogP contribution >= 0.6 is 0 Å². The topological polar surface area (TPSA) is 433 Å². The highest BCUT2D eigenvalue weighted by molar-refractivity contribution is 5.73. The van der Waals surface area contributed by atoms with Crippen molar-refractivity contribution in [2.45, 2.75) is 98.6 Å². The summed E-state index contributed by atoms with van der Waals surface area (Å²) in [4.78, 5) is 40.2. The average molecular weight is 702 g/mol. The van der Waals surface area contributed by atoms with Crippen LogP contribution in [0, 0.1) is 0 Å². The summed E-state index contributed by atoms with van der Waals surface area (Å²) in [6.45, 7) is -1.43. The van der Waals surface area contributed by atoms with Gasteiger partial charge < -0.3 is 111 Å². The number of carbonyl (C=O) groups is 4. The van der Waals surface area contributed by atoms with Gasteiger partial charge in [0.15, 0.2) is 25.1 Å². The summed E-state index contributed by atoms with van der Waals surface area (Å²) in [5.74, 6) is -0.455. The van der Waals surface area contributed by atoms with Crippen LogP contribution in [0.5, 0.6) is 0 Å². The Labute approximate surface area is 266 Å². The molecule has 1 aliphatic rings. The SMILES string of the molecule is CC(=O)NC1C(O)C(O)OC(CO)C1O.O=C[C@@H](O)[C@@H](O)[C@@H](O)[C@H](O)CO.O=C[C@H](O)[C@@H](O)[C@H](O)CO.O=C[C@H](O)[C@H](O)[C@H](O)CO. The van der Waals surface area contributed by atoms with Crippen LogP contribution in [-0.4, -0.2) is 230 Å². The Morgan fingerprint density at radius 2 is 0.957 bits per heavy atom. The minimum absolute atomic E-state index is 0.0258. The molecule has 15 atom stereocenters. The minimum Gasteiger partial charge on any atom is -0.394 e. The molecule has 1 fully saturated rings. The standard InChI is InChI=1S/C8H15NO6.C6H12O6.2C5H10O5/c1-3(11)9-5-6(12)4(2-10)15-8(14)7(5)13;7-1-3(9)5(11)6(12)4(10)2-8;2*6-1-3(8)5(10)4(9)2-7/h4-8,10,12-14H,2H2,1H3,(H,9,11);1,3-6,8-12H,2H2;2*1,3-5,7-10H,2H2/t;3-,4-,5-,6+;3-,4+,5+;3-,4+,5-/m.100/s1. The maximum Gasteiger partial charge on any atom is 0.217 e. The molecule has 0 aromatic rings. The summed E-state index contributed by atoms with van der Waals surface area (Å²) in [7, 11) is 0. The molecule has 0 aromatic heterocycles. The zero-order chi connectivity index (χ0) is 37.6. The second-order valence-corrected chi connectivity index (χ2v) is 9.55. The van der Waals surface area contributed by atoms with E-state index in [4.69, 9.17) is 76.2 Å². The highest BCUT2D eigenvalue weighted by atomic mass is 16.6. The van der Waals surface area contributed by atoms with Crippen LogP contribution < -0.4 is 5.32 Å². The van der Waals surface area contributed by atoms with Crippen molar-refractivity contribution in [3.8, 4) is 0 Å². The number of amides is 1.